The molecule has 2 fully saturated rings. The van der Waals surface area contributed by atoms with E-state index in [2.05, 4.69) is 49.9 Å². The molecule has 7 heteroatoms. The molecule has 0 aliphatic carbocycles. The van der Waals surface area contributed by atoms with E-state index in [1.54, 1.807) is 0 Å². The second-order valence-corrected chi connectivity index (χ2v) is 8.29. The number of hydrogen-bond donors (Lipinski definition) is 2. The molecule has 1 amide bonds. The Labute approximate surface area is 180 Å². The van der Waals surface area contributed by atoms with Gasteiger partial charge in [0.05, 0.1) is 24.3 Å². The molecule has 154 valence electrons. The molecule has 2 aliphatic heterocycles. The Hall–Kier alpha value is -2.09. The lowest BCUT2D eigenvalue weighted by Crippen LogP contribution is -2.51. The van der Waals surface area contributed by atoms with Gasteiger partial charge in [-0.2, -0.15) is 0 Å². The molecule has 0 spiro atoms. The van der Waals surface area contributed by atoms with Crippen LogP contribution in [0.1, 0.15) is 18.5 Å². The highest BCUT2D eigenvalue weighted by atomic mass is 79.9. The molecule has 0 bridgehead atoms. The van der Waals surface area contributed by atoms with Gasteiger partial charge < -0.3 is 14.5 Å². The van der Waals surface area contributed by atoms with Gasteiger partial charge in [-0.3, -0.25) is 10.2 Å². The molecule has 0 saturated carbocycles. The Morgan fingerprint density at radius 2 is 1.93 bits per heavy atom. The maximum atomic E-state index is 13.3. The number of nitrogens with one attached hydrogen (secondary N) is 2. The zero-order chi connectivity index (χ0) is 20.2. The minimum Gasteiger partial charge on any atom is -0.492 e. The summed E-state index contributed by atoms with van der Waals surface area (Å²) in [5.41, 5.74) is 8.68. The van der Waals surface area contributed by atoms with E-state index in [0.717, 1.165) is 47.7 Å². The van der Waals surface area contributed by atoms with Gasteiger partial charge in [0.1, 0.15) is 5.75 Å². The quantitative estimate of drug-likeness (QED) is 0.721. The Morgan fingerprint density at radius 1 is 1.14 bits per heavy atom. The van der Waals surface area contributed by atoms with Crippen LogP contribution in [0.2, 0.25) is 0 Å². The lowest BCUT2D eigenvalue weighted by Gasteiger charge is -2.38. The van der Waals surface area contributed by atoms with Crippen LogP contribution in [0.5, 0.6) is 5.75 Å². The number of anilines is 1. The molecule has 2 atom stereocenters. The van der Waals surface area contributed by atoms with Crippen molar-refractivity contribution in [2.24, 2.45) is 5.92 Å². The molecular formula is C22H27BrN4O2. The van der Waals surface area contributed by atoms with Gasteiger partial charge in [-0.05, 0) is 36.8 Å². The van der Waals surface area contributed by atoms with E-state index in [9.17, 15) is 4.79 Å². The number of piperazine rings is 1. The smallest absolute Gasteiger partial charge is 0.229 e. The number of carbonyl (C=O) groups excluding carboxylic acids is 1. The molecule has 2 aromatic rings. The molecule has 0 aromatic heterocycles. The average molecular weight is 459 g/mol. The summed E-state index contributed by atoms with van der Waals surface area (Å²) in [5, 5.41) is 0. The fourth-order valence-corrected chi connectivity index (χ4v) is 4.56. The van der Waals surface area contributed by atoms with Gasteiger partial charge >= 0.3 is 0 Å². The van der Waals surface area contributed by atoms with Crippen molar-refractivity contribution >= 4 is 27.5 Å². The SMILES string of the molecule is CCOc1ccccc1N1CCN(C(=O)C2CNNC2c2cccc(Br)c2)CC1. The van der Waals surface area contributed by atoms with Crippen LogP contribution in [-0.2, 0) is 4.79 Å². The molecule has 4 rings (SSSR count). The summed E-state index contributed by atoms with van der Waals surface area (Å²) in [5.74, 6) is 1.02. The number of halogens is 1. The van der Waals surface area contributed by atoms with E-state index in [4.69, 9.17) is 4.74 Å². The van der Waals surface area contributed by atoms with Gasteiger partial charge in [0.25, 0.3) is 0 Å². The molecule has 2 heterocycles. The molecule has 6 nitrogen and oxygen atoms in total. The topological polar surface area (TPSA) is 56.8 Å². The third-order valence-corrected chi connectivity index (χ3v) is 6.10. The van der Waals surface area contributed by atoms with E-state index < -0.39 is 0 Å². The first-order chi connectivity index (χ1) is 14.2. The first-order valence-electron chi connectivity index (χ1n) is 10.2. The highest BCUT2D eigenvalue weighted by Gasteiger charge is 2.37. The summed E-state index contributed by atoms with van der Waals surface area (Å²) in [7, 11) is 0. The molecule has 2 unspecified atom stereocenters. The van der Waals surface area contributed by atoms with Crippen molar-refractivity contribution in [2.45, 2.75) is 13.0 Å². The number of rotatable bonds is 5. The molecule has 2 aromatic carbocycles. The second kappa shape index (κ2) is 9.15. The van der Waals surface area contributed by atoms with Crippen LogP contribution in [0.3, 0.4) is 0 Å². The van der Waals surface area contributed by atoms with Gasteiger partial charge in [-0.15, -0.1) is 0 Å². The second-order valence-electron chi connectivity index (χ2n) is 7.38. The predicted octanol–water partition coefficient (Wildman–Crippen LogP) is 2.96. The van der Waals surface area contributed by atoms with Gasteiger partial charge in [0, 0.05) is 37.2 Å². The Bertz CT molecular complexity index is 854. The van der Waals surface area contributed by atoms with E-state index in [0.29, 0.717) is 13.2 Å². The summed E-state index contributed by atoms with van der Waals surface area (Å²) in [6, 6.07) is 16.3. The monoisotopic (exact) mass is 458 g/mol. The fourth-order valence-electron chi connectivity index (χ4n) is 4.14. The molecule has 29 heavy (non-hydrogen) atoms. The van der Waals surface area contributed by atoms with Crippen molar-refractivity contribution < 1.29 is 9.53 Å². The third kappa shape index (κ3) is 4.42. The summed E-state index contributed by atoms with van der Waals surface area (Å²) < 4.78 is 6.80. The Balaban J connectivity index is 1.41. The molecule has 2 saturated heterocycles. The average Bonchev–Trinajstić information content (AvgIpc) is 3.24. The molecule has 2 aliphatic rings. The maximum absolute atomic E-state index is 13.3. The standard InChI is InChI=1S/C22H27BrN4O2/c1-2-29-20-9-4-3-8-19(20)26-10-12-27(13-11-26)22(28)18-15-24-25-21(18)16-6-5-7-17(23)14-16/h3-9,14,18,21,24-25H,2,10-13,15H2,1H3. The minimum atomic E-state index is -0.105. The largest absolute Gasteiger partial charge is 0.492 e. The van der Waals surface area contributed by atoms with Crippen LogP contribution in [0.25, 0.3) is 0 Å². The normalized spacial score (nSPS) is 22.0. The van der Waals surface area contributed by atoms with Crippen LogP contribution >= 0.6 is 15.9 Å². The third-order valence-electron chi connectivity index (χ3n) is 5.60. The van der Waals surface area contributed by atoms with Crippen LogP contribution in [-0.4, -0.2) is 50.1 Å². The van der Waals surface area contributed by atoms with Gasteiger partial charge in [-0.1, -0.05) is 40.2 Å². The lowest BCUT2D eigenvalue weighted by atomic mass is 9.93. The molecular weight excluding hydrogens is 432 g/mol. The Morgan fingerprint density at radius 3 is 2.69 bits per heavy atom. The summed E-state index contributed by atoms with van der Waals surface area (Å²) in [4.78, 5) is 17.6. The molecule has 0 radical (unpaired) electrons. The summed E-state index contributed by atoms with van der Waals surface area (Å²) >= 11 is 3.53. The highest BCUT2D eigenvalue weighted by molar-refractivity contribution is 9.10. The van der Waals surface area contributed by atoms with Crippen molar-refractivity contribution in [3.63, 3.8) is 0 Å². The zero-order valence-corrected chi connectivity index (χ0v) is 18.2. The number of carbonyl (C=O) groups is 1. The number of ether oxygens (including phenoxy) is 1. The predicted molar refractivity (Wildman–Crippen MR) is 118 cm³/mol. The van der Waals surface area contributed by atoms with Crippen molar-refractivity contribution in [1.82, 2.24) is 15.8 Å². The first-order valence-corrected chi connectivity index (χ1v) is 11.0. The van der Waals surface area contributed by atoms with Gasteiger partial charge in [0.15, 0.2) is 0 Å². The molecule has 2 N–H and O–H groups in total. The number of para-hydroxylation sites is 2. The van der Waals surface area contributed by atoms with Crippen molar-refractivity contribution in [2.75, 3.05) is 44.2 Å². The number of amides is 1. The van der Waals surface area contributed by atoms with E-state index >= 15 is 0 Å². The zero-order valence-electron chi connectivity index (χ0n) is 16.6. The maximum Gasteiger partial charge on any atom is 0.229 e. The van der Waals surface area contributed by atoms with Gasteiger partial charge in [0.2, 0.25) is 5.91 Å². The number of hydrogen-bond acceptors (Lipinski definition) is 5. The van der Waals surface area contributed by atoms with Crippen LogP contribution in [0, 0.1) is 5.92 Å². The van der Waals surface area contributed by atoms with Crippen LogP contribution in [0.15, 0.2) is 53.0 Å². The Kier molecular flexibility index (Phi) is 6.37. The highest BCUT2D eigenvalue weighted by Crippen LogP contribution is 2.31. The van der Waals surface area contributed by atoms with Crippen molar-refractivity contribution in [3.05, 3.63) is 58.6 Å². The fraction of sp³-hybridized carbons (Fsp3) is 0.409. The van der Waals surface area contributed by atoms with Crippen molar-refractivity contribution in [1.29, 1.82) is 0 Å². The number of nitrogens with zero attached hydrogens (tertiary/aromatic N) is 2. The summed E-state index contributed by atoms with van der Waals surface area (Å²) in [6.45, 7) is 6.36. The van der Waals surface area contributed by atoms with Crippen LogP contribution < -0.4 is 20.5 Å². The first kappa shape index (κ1) is 20.2. The van der Waals surface area contributed by atoms with E-state index in [-0.39, 0.29) is 17.9 Å². The summed E-state index contributed by atoms with van der Waals surface area (Å²) in [6.07, 6.45) is 0. The van der Waals surface area contributed by atoms with E-state index in [1.807, 2.05) is 42.2 Å². The van der Waals surface area contributed by atoms with Gasteiger partial charge in [-0.25, -0.2) is 5.43 Å². The number of hydrazine groups is 1. The van der Waals surface area contributed by atoms with E-state index in [1.165, 1.54) is 0 Å². The van der Waals surface area contributed by atoms with Crippen molar-refractivity contribution in [3.8, 4) is 5.75 Å². The lowest BCUT2D eigenvalue weighted by molar-refractivity contribution is -0.135. The number of benzene rings is 2. The minimum absolute atomic E-state index is 0.0169. The van der Waals surface area contributed by atoms with Crippen LogP contribution in [0.4, 0.5) is 5.69 Å².